The maximum Gasteiger partial charge on any atom is 0.416 e. The highest BCUT2D eigenvalue weighted by molar-refractivity contribution is 7.89. The Morgan fingerprint density at radius 3 is 2.14 bits per heavy atom. The molecule has 0 aliphatic rings. The quantitative estimate of drug-likeness (QED) is 0.467. The fraction of sp³-hybridized carbons (Fsp3) is 0.167. The lowest BCUT2D eigenvalue weighted by atomic mass is 10.1. The van der Waals surface area contributed by atoms with E-state index in [1.807, 2.05) is 0 Å². The van der Waals surface area contributed by atoms with E-state index in [0.29, 0.717) is 11.6 Å². The van der Waals surface area contributed by atoms with Crippen molar-refractivity contribution in [3.8, 4) is 0 Å². The summed E-state index contributed by atoms with van der Waals surface area (Å²) in [5.41, 5.74) is 5.24. The molecule has 184 valence electrons. The van der Waals surface area contributed by atoms with Gasteiger partial charge < -0.3 is 10.5 Å². The van der Waals surface area contributed by atoms with E-state index in [2.05, 4.69) is 4.74 Å². The molecule has 0 spiro atoms. The Morgan fingerprint density at radius 2 is 1.60 bits per heavy atom. The van der Waals surface area contributed by atoms with Gasteiger partial charge in [-0.25, -0.2) is 13.2 Å². The van der Waals surface area contributed by atoms with Crippen LogP contribution in [0.25, 0.3) is 0 Å². The Labute approximate surface area is 200 Å². The molecule has 0 saturated heterocycles. The second kappa shape index (κ2) is 10.3. The number of sulfonamides is 1. The Bertz CT molecular complexity index is 1310. The number of hydrogen-bond donors (Lipinski definition) is 1. The fourth-order valence-corrected chi connectivity index (χ4v) is 5.05. The third-order valence-electron chi connectivity index (χ3n) is 5.15. The van der Waals surface area contributed by atoms with Gasteiger partial charge in [0.2, 0.25) is 15.9 Å². The number of rotatable bonds is 8. The van der Waals surface area contributed by atoms with Gasteiger partial charge in [0.1, 0.15) is 6.04 Å². The number of ether oxygens (including phenoxy) is 1. The Kier molecular flexibility index (Phi) is 7.61. The van der Waals surface area contributed by atoms with E-state index in [1.54, 1.807) is 18.2 Å². The number of carbonyl (C=O) groups excluding carboxylic acids is 2. The zero-order chi connectivity index (χ0) is 25.8. The molecule has 0 aromatic heterocycles. The number of hydrogen-bond acceptors (Lipinski definition) is 5. The monoisotopic (exact) mass is 506 g/mol. The summed E-state index contributed by atoms with van der Waals surface area (Å²) >= 11 is 0. The van der Waals surface area contributed by atoms with Crippen molar-refractivity contribution in [2.24, 2.45) is 5.73 Å². The summed E-state index contributed by atoms with van der Waals surface area (Å²) < 4.78 is 72.5. The average Bonchev–Trinajstić information content (AvgIpc) is 2.83. The van der Waals surface area contributed by atoms with Gasteiger partial charge in [-0.2, -0.15) is 17.5 Å². The van der Waals surface area contributed by atoms with Crippen LogP contribution in [0.3, 0.4) is 0 Å². The SMILES string of the molecule is COC(=O)c1ccc(CN([C@@H](C(N)=O)c2ccccc2)S(=O)(=O)c2cccc(C(F)(F)F)c2)cc1. The molecule has 0 aliphatic heterocycles. The third-order valence-corrected chi connectivity index (χ3v) is 6.96. The van der Waals surface area contributed by atoms with E-state index in [4.69, 9.17) is 5.73 Å². The lowest BCUT2D eigenvalue weighted by molar-refractivity contribution is -0.137. The van der Waals surface area contributed by atoms with E-state index in [9.17, 15) is 31.2 Å². The van der Waals surface area contributed by atoms with Crippen LogP contribution in [0, 0.1) is 0 Å². The summed E-state index contributed by atoms with van der Waals surface area (Å²) in [5, 5.41) is 0. The summed E-state index contributed by atoms with van der Waals surface area (Å²) in [6.07, 6.45) is -4.78. The Morgan fingerprint density at radius 1 is 0.971 bits per heavy atom. The van der Waals surface area contributed by atoms with Gasteiger partial charge in [0.05, 0.1) is 23.1 Å². The second-order valence-electron chi connectivity index (χ2n) is 7.48. The first kappa shape index (κ1) is 25.9. The van der Waals surface area contributed by atoms with E-state index in [1.165, 1.54) is 43.5 Å². The molecule has 0 fully saturated rings. The molecule has 7 nitrogen and oxygen atoms in total. The summed E-state index contributed by atoms with van der Waals surface area (Å²) in [6, 6.07) is 15.2. The molecule has 3 rings (SSSR count). The number of primary amides is 1. The average molecular weight is 507 g/mol. The van der Waals surface area contributed by atoms with Crippen LogP contribution in [0.1, 0.15) is 33.1 Å². The van der Waals surface area contributed by atoms with Crippen LogP contribution >= 0.6 is 0 Å². The molecule has 1 atom stereocenters. The van der Waals surface area contributed by atoms with Gasteiger partial charge in [-0.05, 0) is 41.5 Å². The number of benzene rings is 3. The molecular weight excluding hydrogens is 485 g/mol. The van der Waals surface area contributed by atoms with Crippen molar-refractivity contribution in [3.05, 3.63) is 101 Å². The van der Waals surface area contributed by atoms with Crippen molar-refractivity contribution >= 4 is 21.9 Å². The molecule has 3 aromatic carbocycles. The molecule has 0 aliphatic carbocycles. The highest BCUT2D eigenvalue weighted by Crippen LogP contribution is 2.34. The first-order valence-electron chi connectivity index (χ1n) is 10.2. The molecule has 0 heterocycles. The molecule has 11 heteroatoms. The number of alkyl halides is 3. The van der Waals surface area contributed by atoms with Crippen LogP contribution < -0.4 is 5.73 Å². The van der Waals surface area contributed by atoms with Crippen LogP contribution in [-0.2, 0) is 32.3 Å². The minimum atomic E-state index is -4.78. The lowest BCUT2D eigenvalue weighted by Crippen LogP contribution is -2.41. The van der Waals surface area contributed by atoms with Crippen LogP contribution in [0.15, 0.2) is 83.8 Å². The number of amides is 1. The van der Waals surface area contributed by atoms with E-state index in [0.717, 1.165) is 22.5 Å². The molecule has 0 radical (unpaired) electrons. The number of nitrogens with zero attached hydrogens (tertiary/aromatic N) is 1. The minimum absolute atomic E-state index is 0.207. The summed E-state index contributed by atoms with van der Waals surface area (Å²) in [4.78, 5) is 23.5. The van der Waals surface area contributed by atoms with Crippen LogP contribution in [0.4, 0.5) is 13.2 Å². The number of carbonyl (C=O) groups is 2. The first-order chi connectivity index (χ1) is 16.4. The van der Waals surface area contributed by atoms with Crippen molar-refractivity contribution in [1.29, 1.82) is 0 Å². The van der Waals surface area contributed by atoms with Gasteiger partial charge >= 0.3 is 12.1 Å². The van der Waals surface area contributed by atoms with Gasteiger partial charge in [0.25, 0.3) is 0 Å². The summed E-state index contributed by atoms with van der Waals surface area (Å²) in [6.45, 7) is -0.414. The summed E-state index contributed by atoms with van der Waals surface area (Å²) in [5.74, 6) is -1.62. The number of halogens is 3. The van der Waals surface area contributed by atoms with E-state index >= 15 is 0 Å². The lowest BCUT2D eigenvalue weighted by Gasteiger charge is -2.29. The zero-order valence-electron chi connectivity index (χ0n) is 18.4. The van der Waals surface area contributed by atoms with Crippen LogP contribution in [0.2, 0.25) is 0 Å². The van der Waals surface area contributed by atoms with Crippen molar-refractivity contribution in [2.75, 3.05) is 7.11 Å². The second-order valence-corrected chi connectivity index (χ2v) is 9.37. The topological polar surface area (TPSA) is 107 Å². The summed E-state index contributed by atoms with van der Waals surface area (Å²) in [7, 11) is -3.46. The van der Waals surface area contributed by atoms with Gasteiger partial charge in [0.15, 0.2) is 0 Å². The molecule has 0 bridgehead atoms. The minimum Gasteiger partial charge on any atom is -0.465 e. The van der Waals surface area contributed by atoms with Crippen LogP contribution in [-0.4, -0.2) is 31.7 Å². The maximum atomic E-state index is 13.6. The fourth-order valence-electron chi connectivity index (χ4n) is 3.44. The van der Waals surface area contributed by atoms with E-state index < -0.39 is 51.1 Å². The number of methoxy groups -OCH3 is 1. The van der Waals surface area contributed by atoms with Gasteiger partial charge in [-0.15, -0.1) is 0 Å². The molecule has 1 amide bonds. The number of esters is 1. The largest absolute Gasteiger partial charge is 0.465 e. The molecular formula is C24H21F3N2O5S. The molecule has 0 saturated carbocycles. The highest BCUT2D eigenvalue weighted by Gasteiger charge is 2.38. The molecule has 2 N–H and O–H groups in total. The molecule has 35 heavy (non-hydrogen) atoms. The first-order valence-corrected chi connectivity index (χ1v) is 11.6. The van der Waals surface area contributed by atoms with Crippen LogP contribution in [0.5, 0.6) is 0 Å². The Hall–Kier alpha value is -3.70. The predicted molar refractivity (Wildman–Crippen MR) is 120 cm³/mol. The van der Waals surface area contributed by atoms with E-state index in [-0.39, 0.29) is 11.1 Å². The van der Waals surface area contributed by atoms with Gasteiger partial charge in [-0.3, -0.25) is 4.79 Å². The Balaban J connectivity index is 2.14. The van der Waals surface area contributed by atoms with Crippen molar-refractivity contribution in [2.45, 2.75) is 23.7 Å². The molecule has 3 aromatic rings. The normalized spacial score (nSPS) is 12.8. The van der Waals surface area contributed by atoms with Gasteiger partial charge in [-0.1, -0.05) is 48.5 Å². The molecule has 0 unspecified atom stereocenters. The zero-order valence-corrected chi connectivity index (χ0v) is 19.2. The standard InChI is InChI=1S/C24H21F3N2O5S/c1-34-23(31)18-12-10-16(11-13-18)15-29(21(22(28)30)17-6-3-2-4-7-17)35(32,33)20-9-5-8-19(14-20)24(25,26)27/h2-14,21H,15H2,1H3,(H2,28,30)/t21-/m1/s1. The highest BCUT2D eigenvalue weighted by atomic mass is 32.2. The smallest absolute Gasteiger partial charge is 0.416 e. The maximum absolute atomic E-state index is 13.6. The van der Waals surface area contributed by atoms with Crippen molar-refractivity contribution in [3.63, 3.8) is 0 Å². The number of nitrogens with two attached hydrogens (primary N) is 1. The van der Waals surface area contributed by atoms with Gasteiger partial charge in [0, 0.05) is 6.54 Å². The van der Waals surface area contributed by atoms with Crippen molar-refractivity contribution < 1.29 is 35.9 Å². The third kappa shape index (κ3) is 5.87. The predicted octanol–water partition coefficient (Wildman–Crippen LogP) is 3.91. The van der Waals surface area contributed by atoms with Crippen molar-refractivity contribution in [1.82, 2.24) is 4.31 Å².